The van der Waals surface area contributed by atoms with Gasteiger partial charge in [-0.05, 0) is 41.5 Å². The number of aliphatic carboxylic acids is 1. The van der Waals surface area contributed by atoms with Crippen molar-refractivity contribution in [2.24, 2.45) is 11.8 Å². The molecule has 2 aliphatic rings. The molecule has 4 heteroatoms. The maximum Gasteiger partial charge on any atom is 0.307 e. The van der Waals surface area contributed by atoms with Gasteiger partial charge in [-0.25, -0.2) is 8.78 Å². The third-order valence-electron chi connectivity index (χ3n) is 4.09. The van der Waals surface area contributed by atoms with Crippen molar-refractivity contribution in [1.29, 1.82) is 0 Å². The molecule has 90 valence electrons. The van der Waals surface area contributed by atoms with Crippen LogP contribution < -0.4 is 0 Å². The molecule has 2 aliphatic carbocycles. The summed E-state index contributed by atoms with van der Waals surface area (Å²) in [6, 6.07) is 2.23. The summed E-state index contributed by atoms with van der Waals surface area (Å²) < 4.78 is 27.5. The van der Waals surface area contributed by atoms with E-state index in [0.29, 0.717) is 17.5 Å². The van der Waals surface area contributed by atoms with Gasteiger partial charge in [-0.15, -0.1) is 0 Å². The molecule has 1 aromatic rings. The molecular formula is C13H12F2O2. The summed E-state index contributed by atoms with van der Waals surface area (Å²) in [5.41, 5.74) is 0.691. The second-order valence-corrected chi connectivity index (χ2v) is 5.05. The molecule has 0 spiro atoms. The van der Waals surface area contributed by atoms with Crippen molar-refractivity contribution in [3.05, 3.63) is 34.9 Å². The van der Waals surface area contributed by atoms with Gasteiger partial charge in [0.2, 0.25) is 0 Å². The SMILES string of the molecule is C[C@H]1C[C@@H]2[C@H](C(=O)O)[C@@H]2c2c(F)ccc(F)c21. The fourth-order valence-corrected chi connectivity index (χ4v) is 3.35. The molecule has 17 heavy (non-hydrogen) atoms. The average molecular weight is 238 g/mol. The van der Waals surface area contributed by atoms with Gasteiger partial charge in [-0.3, -0.25) is 4.79 Å². The van der Waals surface area contributed by atoms with Crippen molar-refractivity contribution in [3.8, 4) is 0 Å². The highest BCUT2D eigenvalue weighted by molar-refractivity contribution is 5.77. The Morgan fingerprint density at radius 1 is 1.29 bits per heavy atom. The Balaban J connectivity index is 2.15. The summed E-state index contributed by atoms with van der Waals surface area (Å²) in [6.07, 6.45) is 0.634. The molecule has 0 aliphatic heterocycles. The molecule has 4 atom stereocenters. The van der Waals surface area contributed by atoms with E-state index in [0.717, 1.165) is 12.1 Å². The Kier molecular flexibility index (Phi) is 2.06. The number of carbonyl (C=O) groups is 1. The summed E-state index contributed by atoms with van der Waals surface area (Å²) in [7, 11) is 0. The summed E-state index contributed by atoms with van der Waals surface area (Å²) in [4.78, 5) is 11.0. The summed E-state index contributed by atoms with van der Waals surface area (Å²) in [5.74, 6) is -2.76. The molecule has 1 fully saturated rings. The number of rotatable bonds is 1. The lowest BCUT2D eigenvalue weighted by Crippen LogP contribution is -2.10. The lowest BCUT2D eigenvalue weighted by molar-refractivity contribution is -0.139. The van der Waals surface area contributed by atoms with Gasteiger partial charge >= 0.3 is 5.97 Å². The molecule has 1 aromatic carbocycles. The van der Waals surface area contributed by atoms with Crippen LogP contribution >= 0.6 is 0 Å². The molecular weight excluding hydrogens is 226 g/mol. The van der Waals surface area contributed by atoms with Crippen LogP contribution in [0.4, 0.5) is 8.78 Å². The Bertz CT molecular complexity index is 512. The highest BCUT2D eigenvalue weighted by Gasteiger charge is 2.60. The van der Waals surface area contributed by atoms with Gasteiger partial charge in [0.1, 0.15) is 11.6 Å². The Hall–Kier alpha value is -1.45. The largest absolute Gasteiger partial charge is 0.481 e. The number of carboxylic acid groups (broad SMARTS) is 1. The van der Waals surface area contributed by atoms with Crippen LogP contribution in [0.3, 0.4) is 0 Å². The highest BCUT2D eigenvalue weighted by Crippen LogP contribution is 2.63. The van der Waals surface area contributed by atoms with Crippen LogP contribution in [0.1, 0.15) is 36.3 Å². The molecule has 0 saturated heterocycles. The summed E-state index contributed by atoms with van der Waals surface area (Å²) in [5, 5.41) is 9.04. The van der Waals surface area contributed by atoms with E-state index < -0.39 is 23.5 Å². The second kappa shape index (κ2) is 3.28. The molecule has 0 radical (unpaired) electrons. The van der Waals surface area contributed by atoms with Gasteiger partial charge in [0.05, 0.1) is 5.92 Å². The van der Waals surface area contributed by atoms with Gasteiger partial charge in [0.25, 0.3) is 0 Å². The first kappa shape index (κ1) is 10.7. The molecule has 0 bridgehead atoms. The first-order chi connectivity index (χ1) is 8.02. The maximum absolute atomic E-state index is 13.8. The van der Waals surface area contributed by atoms with Crippen LogP contribution in [-0.2, 0) is 4.79 Å². The first-order valence-electron chi connectivity index (χ1n) is 5.73. The smallest absolute Gasteiger partial charge is 0.307 e. The molecule has 3 rings (SSSR count). The standard InChI is InChI=1S/C13H12F2O2/c1-5-4-6-10(11(6)13(16)17)12-8(15)3-2-7(14)9(5)12/h2-3,5-6,10-11H,4H2,1H3,(H,16,17)/t5-,6-,10+,11-/m0/s1. The van der Waals surface area contributed by atoms with Crippen LogP contribution in [0.2, 0.25) is 0 Å². The van der Waals surface area contributed by atoms with Gasteiger partial charge in [-0.1, -0.05) is 6.92 Å². The van der Waals surface area contributed by atoms with Crippen molar-refractivity contribution < 1.29 is 18.7 Å². The number of halogens is 2. The summed E-state index contributed by atoms with van der Waals surface area (Å²) >= 11 is 0. The molecule has 0 amide bonds. The normalized spacial score (nSPS) is 33.8. The average Bonchev–Trinajstić information content (AvgIpc) is 2.96. The zero-order valence-corrected chi connectivity index (χ0v) is 9.28. The number of hydrogen-bond donors (Lipinski definition) is 1. The summed E-state index contributed by atoms with van der Waals surface area (Å²) in [6.45, 7) is 1.83. The van der Waals surface area contributed by atoms with E-state index in [1.807, 2.05) is 6.92 Å². The van der Waals surface area contributed by atoms with Crippen LogP contribution in [-0.4, -0.2) is 11.1 Å². The third kappa shape index (κ3) is 1.33. The Morgan fingerprint density at radius 3 is 2.47 bits per heavy atom. The maximum atomic E-state index is 13.8. The molecule has 2 nitrogen and oxygen atoms in total. The van der Waals surface area contributed by atoms with E-state index in [9.17, 15) is 13.6 Å². The van der Waals surface area contributed by atoms with Crippen LogP contribution in [0, 0.1) is 23.5 Å². The minimum Gasteiger partial charge on any atom is -0.481 e. The van der Waals surface area contributed by atoms with Gasteiger partial charge in [-0.2, -0.15) is 0 Å². The van der Waals surface area contributed by atoms with E-state index in [1.54, 1.807) is 0 Å². The Morgan fingerprint density at radius 2 is 1.88 bits per heavy atom. The predicted octanol–water partition coefficient (Wildman–Crippen LogP) is 2.89. The minimum absolute atomic E-state index is 0.0219. The van der Waals surface area contributed by atoms with Gasteiger partial charge < -0.3 is 5.11 Å². The molecule has 0 aromatic heterocycles. The van der Waals surface area contributed by atoms with Gasteiger partial charge in [0.15, 0.2) is 0 Å². The van der Waals surface area contributed by atoms with Gasteiger partial charge in [0, 0.05) is 5.92 Å². The second-order valence-electron chi connectivity index (χ2n) is 5.05. The predicted molar refractivity (Wildman–Crippen MR) is 56.7 cm³/mol. The van der Waals surface area contributed by atoms with E-state index in [4.69, 9.17) is 5.11 Å². The molecule has 0 heterocycles. The quantitative estimate of drug-likeness (QED) is 0.816. The number of fused-ring (bicyclic) bond motifs is 3. The zero-order chi connectivity index (χ0) is 12.3. The van der Waals surface area contributed by atoms with E-state index in [-0.39, 0.29) is 17.8 Å². The molecule has 1 saturated carbocycles. The van der Waals surface area contributed by atoms with Crippen molar-refractivity contribution in [3.63, 3.8) is 0 Å². The number of benzene rings is 1. The first-order valence-corrected chi connectivity index (χ1v) is 5.73. The zero-order valence-electron chi connectivity index (χ0n) is 9.28. The molecule has 1 N–H and O–H groups in total. The van der Waals surface area contributed by atoms with Crippen molar-refractivity contribution in [2.45, 2.75) is 25.2 Å². The molecule has 0 unspecified atom stereocenters. The lowest BCUT2D eigenvalue weighted by atomic mass is 9.83. The fourth-order valence-electron chi connectivity index (χ4n) is 3.35. The topological polar surface area (TPSA) is 37.3 Å². The van der Waals surface area contributed by atoms with Crippen molar-refractivity contribution in [2.75, 3.05) is 0 Å². The van der Waals surface area contributed by atoms with Crippen LogP contribution in [0.25, 0.3) is 0 Å². The minimum atomic E-state index is -0.899. The van der Waals surface area contributed by atoms with Crippen LogP contribution in [0.15, 0.2) is 12.1 Å². The fraction of sp³-hybridized carbons (Fsp3) is 0.462. The van der Waals surface area contributed by atoms with E-state index in [1.165, 1.54) is 0 Å². The van der Waals surface area contributed by atoms with Crippen molar-refractivity contribution in [1.82, 2.24) is 0 Å². The Labute approximate surface area is 97.3 Å². The van der Waals surface area contributed by atoms with E-state index in [2.05, 4.69) is 0 Å². The van der Waals surface area contributed by atoms with E-state index >= 15 is 0 Å². The van der Waals surface area contributed by atoms with Crippen LogP contribution in [0.5, 0.6) is 0 Å². The lowest BCUT2D eigenvalue weighted by Gasteiger charge is -2.22. The number of carboxylic acids is 1. The number of hydrogen-bond acceptors (Lipinski definition) is 1. The van der Waals surface area contributed by atoms with Crippen molar-refractivity contribution >= 4 is 5.97 Å². The monoisotopic (exact) mass is 238 g/mol. The highest BCUT2D eigenvalue weighted by atomic mass is 19.1. The third-order valence-corrected chi connectivity index (χ3v) is 4.09.